The van der Waals surface area contributed by atoms with Crippen molar-refractivity contribution in [3.05, 3.63) is 12.7 Å². The SMILES string of the molecule is C=CCC(C(=O)O)C(O)C(CC1CCCCC1)NC(=O)OC(C)(C)C. The molecule has 1 aliphatic carbocycles. The Balaban J connectivity index is 2.85. The molecule has 0 bridgehead atoms. The average Bonchev–Trinajstić information content (AvgIpc) is 2.50. The maximum Gasteiger partial charge on any atom is 0.407 e. The van der Waals surface area contributed by atoms with Gasteiger partial charge in [0.15, 0.2) is 0 Å². The average molecular weight is 355 g/mol. The molecule has 1 aliphatic rings. The lowest BCUT2D eigenvalue weighted by molar-refractivity contribution is -0.146. The third-order valence-electron chi connectivity index (χ3n) is 4.58. The van der Waals surface area contributed by atoms with Gasteiger partial charge in [-0.15, -0.1) is 6.58 Å². The minimum absolute atomic E-state index is 0.146. The van der Waals surface area contributed by atoms with E-state index in [-0.39, 0.29) is 6.42 Å². The van der Waals surface area contributed by atoms with E-state index in [1.807, 2.05) is 0 Å². The Labute approximate surface area is 150 Å². The quantitative estimate of drug-likeness (QED) is 0.579. The lowest BCUT2D eigenvalue weighted by Gasteiger charge is -2.33. The molecule has 3 unspecified atom stereocenters. The van der Waals surface area contributed by atoms with Gasteiger partial charge in [0.05, 0.1) is 18.1 Å². The summed E-state index contributed by atoms with van der Waals surface area (Å²) < 4.78 is 5.28. The molecule has 0 saturated heterocycles. The maximum atomic E-state index is 12.2. The topological polar surface area (TPSA) is 95.9 Å². The fraction of sp³-hybridized carbons (Fsp3) is 0.789. The second-order valence-corrected chi connectivity index (χ2v) is 7.95. The van der Waals surface area contributed by atoms with Crippen molar-refractivity contribution in [2.75, 3.05) is 0 Å². The Morgan fingerprint density at radius 1 is 1.28 bits per heavy atom. The molecule has 0 radical (unpaired) electrons. The van der Waals surface area contributed by atoms with E-state index in [0.29, 0.717) is 12.3 Å². The molecule has 3 atom stereocenters. The van der Waals surface area contributed by atoms with Crippen LogP contribution < -0.4 is 5.32 Å². The molecular weight excluding hydrogens is 322 g/mol. The molecule has 6 nitrogen and oxygen atoms in total. The molecule has 0 spiro atoms. The number of ether oxygens (including phenoxy) is 1. The van der Waals surface area contributed by atoms with E-state index in [2.05, 4.69) is 11.9 Å². The largest absolute Gasteiger partial charge is 0.481 e. The zero-order valence-electron chi connectivity index (χ0n) is 15.7. The molecule has 3 N–H and O–H groups in total. The van der Waals surface area contributed by atoms with E-state index in [4.69, 9.17) is 4.74 Å². The summed E-state index contributed by atoms with van der Waals surface area (Å²) in [5, 5.41) is 22.8. The van der Waals surface area contributed by atoms with Gasteiger partial charge in [0, 0.05) is 0 Å². The number of carbonyl (C=O) groups is 2. The third-order valence-corrected chi connectivity index (χ3v) is 4.58. The zero-order chi connectivity index (χ0) is 19.0. The van der Waals surface area contributed by atoms with Gasteiger partial charge in [-0.25, -0.2) is 4.79 Å². The minimum atomic E-state index is -1.19. The third kappa shape index (κ3) is 7.90. The molecule has 1 saturated carbocycles. The number of carboxylic acids is 1. The highest BCUT2D eigenvalue weighted by atomic mass is 16.6. The first-order chi connectivity index (χ1) is 11.6. The monoisotopic (exact) mass is 355 g/mol. The summed E-state index contributed by atoms with van der Waals surface area (Å²) in [4.78, 5) is 23.6. The normalized spacial score (nSPS) is 19.5. The number of aliphatic hydroxyl groups excluding tert-OH is 1. The Kier molecular flexibility index (Phi) is 8.42. The zero-order valence-corrected chi connectivity index (χ0v) is 15.7. The van der Waals surface area contributed by atoms with Crippen LogP contribution in [0.3, 0.4) is 0 Å². The number of allylic oxidation sites excluding steroid dienone is 1. The minimum Gasteiger partial charge on any atom is -0.481 e. The number of rotatable bonds is 8. The van der Waals surface area contributed by atoms with Crippen molar-refractivity contribution in [1.29, 1.82) is 0 Å². The number of alkyl carbamates (subject to hydrolysis) is 1. The predicted molar refractivity (Wildman–Crippen MR) is 96.3 cm³/mol. The van der Waals surface area contributed by atoms with Crippen molar-refractivity contribution in [3.8, 4) is 0 Å². The smallest absolute Gasteiger partial charge is 0.407 e. The summed E-state index contributed by atoms with van der Waals surface area (Å²) in [5.41, 5.74) is -0.655. The summed E-state index contributed by atoms with van der Waals surface area (Å²) in [7, 11) is 0. The number of aliphatic hydroxyl groups is 1. The first-order valence-corrected chi connectivity index (χ1v) is 9.15. The molecule has 1 fully saturated rings. The number of nitrogens with one attached hydrogen (secondary N) is 1. The first kappa shape index (κ1) is 21.5. The van der Waals surface area contributed by atoms with Gasteiger partial charge < -0.3 is 20.3 Å². The van der Waals surface area contributed by atoms with Crippen molar-refractivity contribution in [2.45, 2.75) is 83.5 Å². The van der Waals surface area contributed by atoms with Crippen LogP contribution in [0.1, 0.15) is 65.7 Å². The van der Waals surface area contributed by atoms with E-state index in [1.54, 1.807) is 20.8 Å². The Morgan fingerprint density at radius 2 is 1.88 bits per heavy atom. The predicted octanol–water partition coefficient (Wildman–Crippen LogP) is 3.49. The molecule has 1 amide bonds. The molecule has 0 aliphatic heterocycles. The van der Waals surface area contributed by atoms with Crippen LogP contribution in [0.5, 0.6) is 0 Å². The summed E-state index contributed by atoms with van der Waals surface area (Å²) in [5.74, 6) is -1.71. The van der Waals surface area contributed by atoms with E-state index >= 15 is 0 Å². The standard InChI is InChI=1S/C19H33NO5/c1-5-9-14(17(22)23)16(21)15(12-13-10-7-6-8-11-13)20-18(24)25-19(2,3)4/h5,13-16,21H,1,6-12H2,2-4H3,(H,20,24)(H,22,23). The van der Waals surface area contributed by atoms with Crippen LogP contribution in [0.25, 0.3) is 0 Å². The highest BCUT2D eigenvalue weighted by Crippen LogP contribution is 2.29. The van der Waals surface area contributed by atoms with Crippen molar-refractivity contribution >= 4 is 12.1 Å². The second kappa shape index (κ2) is 9.80. The van der Waals surface area contributed by atoms with Crippen molar-refractivity contribution < 1.29 is 24.5 Å². The van der Waals surface area contributed by atoms with E-state index < -0.39 is 35.7 Å². The van der Waals surface area contributed by atoms with Crippen molar-refractivity contribution in [2.24, 2.45) is 11.8 Å². The van der Waals surface area contributed by atoms with Gasteiger partial charge in [0.2, 0.25) is 0 Å². The molecule has 144 valence electrons. The van der Waals surface area contributed by atoms with Gasteiger partial charge in [-0.2, -0.15) is 0 Å². The summed E-state index contributed by atoms with van der Waals surface area (Å²) in [6, 6.07) is -0.654. The number of carbonyl (C=O) groups excluding carboxylic acids is 1. The molecule has 1 rings (SSSR count). The number of carboxylic acid groups (broad SMARTS) is 1. The Morgan fingerprint density at radius 3 is 2.36 bits per heavy atom. The molecule has 25 heavy (non-hydrogen) atoms. The van der Waals surface area contributed by atoms with Crippen molar-refractivity contribution in [3.63, 3.8) is 0 Å². The van der Waals surface area contributed by atoms with Crippen LogP contribution in [-0.2, 0) is 9.53 Å². The summed E-state index contributed by atoms with van der Waals surface area (Å²) in [6.45, 7) is 8.85. The molecule has 0 aromatic carbocycles. The molecule has 0 heterocycles. The fourth-order valence-electron chi connectivity index (χ4n) is 3.37. The van der Waals surface area contributed by atoms with Crippen LogP contribution in [0, 0.1) is 11.8 Å². The maximum absolute atomic E-state index is 12.2. The van der Waals surface area contributed by atoms with Crippen molar-refractivity contribution in [1.82, 2.24) is 5.32 Å². The Bertz CT molecular complexity index is 451. The van der Waals surface area contributed by atoms with E-state index in [9.17, 15) is 19.8 Å². The van der Waals surface area contributed by atoms with Crippen LogP contribution >= 0.6 is 0 Å². The second-order valence-electron chi connectivity index (χ2n) is 7.95. The number of hydrogen-bond acceptors (Lipinski definition) is 4. The van der Waals surface area contributed by atoms with Gasteiger partial charge >= 0.3 is 12.1 Å². The van der Waals surface area contributed by atoms with Crippen LogP contribution in [0.2, 0.25) is 0 Å². The van der Waals surface area contributed by atoms with Crippen LogP contribution in [0.4, 0.5) is 4.79 Å². The lowest BCUT2D eigenvalue weighted by atomic mass is 9.81. The lowest BCUT2D eigenvalue weighted by Crippen LogP contribution is -2.50. The van der Waals surface area contributed by atoms with Gasteiger partial charge in [0.1, 0.15) is 5.60 Å². The van der Waals surface area contributed by atoms with Crippen LogP contribution in [0.15, 0.2) is 12.7 Å². The number of amides is 1. The first-order valence-electron chi connectivity index (χ1n) is 9.15. The highest BCUT2D eigenvalue weighted by molar-refractivity contribution is 5.72. The molecule has 0 aromatic heterocycles. The van der Waals surface area contributed by atoms with Gasteiger partial charge in [-0.1, -0.05) is 38.2 Å². The van der Waals surface area contributed by atoms with Crippen LogP contribution in [-0.4, -0.2) is 40.0 Å². The van der Waals surface area contributed by atoms with Gasteiger partial charge in [-0.05, 0) is 39.5 Å². The summed E-state index contributed by atoms with van der Waals surface area (Å²) >= 11 is 0. The van der Waals surface area contributed by atoms with Gasteiger partial charge in [0.25, 0.3) is 0 Å². The number of hydrogen-bond donors (Lipinski definition) is 3. The van der Waals surface area contributed by atoms with Gasteiger partial charge in [-0.3, -0.25) is 4.79 Å². The van der Waals surface area contributed by atoms with E-state index in [1.165, 1.54) is 12.5 Å². The molecule has 0 aromatic rings. The Hall–Kier alpha value is -1.56. The summed E-state index contributed by atoms with van der Waals surface area (Å²) in [6.07, 6.45) is 5.92. The number of aliphatic carboxylic acids is 1. The molecule has 6 heteroatoms. The van der Waals surface area contributed by atoms with E-state index in [0.717, 1.165) is 25.7 Å². The molecular formula is C19H33NO5. The fourth-order valence-corrected chi connectivity index (χ4v) is 3.37. The highest BCUT2D eigenvalue weighted by Gasteiger charge is 2.35.